The molecule has 0 aliphatic rings. The fraction of sp³-hybridized carbons (Fsp3) is 0.182. The van der Waals surface area contributed by atoms with E-state index in [1.54, 1.807) is 13.0 Å². The van der Waals surface area contributed by atoms with Gasteiger partial charge >= 0.3 is 0 Å². The van der Waals surface area contributed by atoms with Gasteiger partial charge in [0.05, 0.1) is 6.07 Å². The first-order valence-corrected chi connectivity index (χ1v) is 4.23. The van der Waals surface area contributed by atoms with Crippen molar-refractivity contribution in [2.75, 3.05) is 0 Å². The van der Waals surface area contributed by atoms with Crippen molar-refractivity contribution in [3.05, 3.63) is 46.4 Å². The average Bonchev–Trinajstić information content (AvgIpc) is 2.21. The molecular weight excluding hydrogens is 176 g/mol. The fourth-order valence-electron chi connectivity index (χ4n) is 1.10. The smallest absolute Gasteiger partial charge is 0.195 e. The lowest BCUT2D eigenvalue weighted by Crippen LogP contribution is -2.00. The Kier molecular flexibility index (Phi) is 3.57. The molecule has 0 aliphatic carbocycles. The number of nitriles is 1. The van der Waals surface area contributed by atoms with Gasteiger partial charge in [-0.05, 0) is 23.2 Å². The number of nitroso groups, excluding NO2 is 1. The second-order valence-electron chi connectivity index (χ2n) is 2.94. The standard InChI is InChI=1S/C11H10N2O/c1-9(11(8-12)13-14)7-10-5-3-2-4-6-10/h2-7,11H,1H3. The van der Waals surface area contributed by atoms with Crippen LogP contribution in [0.5, 0.6) is 0 Å². The van der Waals surface area contributed by atoms with Crippen LogP contribution in [0.15, 0.2) is 41.1 Å². The summed E-state index contributed by atoms with van der Waals surface area (Å²) >= 11 is 0. The van der Waals surface area contributed by atoms with E-state index in [4.69, 9.17) is 5.26 Å². The highest BCUT2D eigenvalue weighted by Gasteiger charge is 2.08. The Hall–Kier alpha value is -1.95. The molecule has 0 N–H and O–H groups in total. The lowest BCUT2D eigenvalue weighted by atomic mass is 10.1. The van der Waals surface area contributed by atoms with E-state index in [1.165, 1.54) is 0 Å². The predicted molar refractivity (Wildman–Crippen MR) is 55.3 cm³/mol. The summed E-state index contributed by atoms with van der Waals surface area (Å²) in [4.78, 5) is 10.3. The number of hydrogen-bond donors (Lipinski definition) is 0. The van der Waals surface area contributed by atoms with Gasteiger partial charge in [0, 0.05) is 0 Å². The van der Waals surface area contributed by atoms with Crippen LogP contribution in [-0.4, -0.2) is 6.04 Å². The third kappa shape index (κ3) is 2.53. The highest BCUT2D eigenvalue weighted by molar-refractivity contribution is 5.54. The average molecular weight is 186 g/mol. The van der Waals surface area contributed by atoms with Crippen LogP contribution in [0, 0.1) is 16.2 Å². The van der Waals surface area contributed by atoms with Crippen molar-refractivity contribution < 1.29 is 0 Å². The van der Waals surface area contributed by atoms with Crippen molar-refractivity contribution in [3.8, 4) is 6.07 Å². The quantitative estimate of drug-likeness (QED) is 0.681. The molecule has 0 amide bonds. The molecule has 14 heavy (non-hydrogen) atoms. The Morgan fingerprint density at radius 3 is 2.64 bits per heavy atom. The van der Waals surface area contributed by atoms with Gasteiger partial charge in [-0.2, -0.15) is 5.26 Å². The molecule has 0 aliphatic heterocycles. The van der Waals surface area contributed by atoms with Gasteiger partial charge in [-0.25, -0.2) is 0 Å². The molecular formula is C11H10N2O. The van der Waals surface area contributed by atoms with E-state index in [0.29, 0.717) is 5.57 Å². The minimum absolute atomic E-state index is 0.661. The van der Waals surface area contributed by atoms with E-state index >= 15 is 0 Å². The SMILES string of the molecule is CC(=Cc1ccccc1)C(C#N)N=O. The highest BCUT2D eigenvalue weighted by atomic mass is 16.3. The number of rotatable bonds is 3. The normalized spacial score (nSPS) is 13.0. The van der Waals surface area contributed by atoms with Crippen LogP contribution in [-0.2, 0) is 0 Å². The molecule has 3 heteroatoms. The van der Waals surface area contributed by atoms with Gasteiger partial charge in [-0.15, -0.1) is 4.91 Å². The van der Waals surface area contributed by atoms with Crippen molar-refractivity contribution in [2.45, 2.75) is 13.0 Å². The van der Waals surface area contributed by atoms with E-state index in [1.807, 2.05) is 36.4 Å². The summed E-state index contributed by atoms with van der Waals surface area (Å²) in [5, 5.41) is 11.3. The molecule has 0 heterocycles. The zero-order chi connectivity index (χ0) is 10.4. The van der Waals surface area contributed by atoms with E-state index in [0.717, 1.165) is 5.56 Å². The molecule has 0 spiro atoms. The summed E-state index contributed by atoms with van der Waals surface area (Å²) in [6.45, 7) is 1.72. The highest BCUT2D eigenvalue weighted by Crippen LogP contribution is 2.11. The van der Waals surface area contributed by atoms with Gasteiger partial charge in [0.1, 0.15) is 0 Å². The third-order valence-electron chi connectivity index (χ3n) is 1.85. The minimum atomic E-state index is -0.879. The van der Waals surface area contributed by atoms with Crippen molar-refractivity contribution in [3.63, 3.8) is 0 Å². The zero-order valence-corrected chi connectivity index (χ0v) is 7.84. The maximum atomic E-state index is 10.3. The second-order valence-corrected chi connectivity index (χ2v) is 2.94. The molecule has 0 saturated carbocycles. The van der Waals surface area contributed by atoms with E-state index in [2.05, 4.69) is 5.18 Å². The van der Waals surface area contributed by atoms with Crippen molar-refractivity contribution >= 4 is 6.08 Å². The molecule has 0 fully saturated rings. The number of benzene rings is 1. The Morgan fingerprint density at radius 2 is 2.14 bits per heavy atom. The fourth-order valence-corrected chi connectivity index (χ4v) is 1.10. The monoisotopic (exact) mass is 186 g/mol. The maximum Gasteiger partial charge on any atom is 0.199 e. The van der Waals surface area contributed by atoms with Crippen LogP contribution in [0.4, 0.5) is 0 Å². The Bertz CT molecular complexity index is 376. The van der Waals surface area contributed by atoms with E-state index < -0.39 is 6.04 Å². The molecule has 0 bridgehead atoms. The molecule has 1 unspecified atom stereocenters. The molecule has 1 atom stereocenters. The lowest BCUT2D eigenvalue weighted by Gasteiger charge is -1.99. The van der Waals surface area contributed by atoms with Gasteiger partial charge in [0.15, 0.2) is 6.04 Å². The van der Waals surface area contributed by atoms with E-state index in [9.17, 15) is 4.91 Å². The molecule has 3 nitrogen and oxygen atoms in total. The summed E-state index contributed by atoms with van der Waals surface area (Å²) in [7, 11) is 0. The lowest BCUT2D eigenvalue weighted by molar-refractivity contribution is 0.960. The van der Waals surface area contributed by atoms with Gasteiger partial charge in [0.2, 0.25) is 0 Å². The summed E-state index contributed by atoms with van der Waals surface area (Å²) in [6, 6.07) is 10.5. The minimum Gasteiger partial charge on any atom is -0.195 e. The van der Waals surface area contributed by atoms with Gasteiger partial charge in [0.25, 0.3) is 0 Å². The van der Waals surface area contributed by atoms with Crippen LogP contribution >= 0.6 is 0 Å². The van der Waals surface area contributed by atoms with Crippen LogP contribution in [0.2, 0.25) is 0 Å². The molecule has 1 rings (SSSR count). The van der Waals surface area contributed by atoms with Crippen LogP contribution in [0.25, 0.3) is 6.08 Å². The largest absolute Gasteiger partial charge is 0.199 e. The summed E-state index contributed by atoms with van der Waals surface area (Å²) in [5.41, 5.74) is 1.63. The number of hydrogen-bond acceptors (Lipinski definition) is 3. The molecule has 0 radical (unpaired) electrons. The summed E-state index contributed by atoms with van der Waals surface area (Å²) in [5.74, 6) is 0. The Balaban J connectivity index is 2.89. The predicted octanol–water partition coefficient (Wildman–Crippen LogP) is 2.75. The van der Waals surface area contributed by atoms with Crippen molar-refractivity contribution in [1.82, 2.24) is 0 Å². The first kappa shape index (κ1) is 10.1. The molecule has 1 aromatic rings. The summed E-state index contributed by atoms with van der Waals surface area (Å²) < 4.78 is 0. The van der Waals surface area contributed by atoms with E-state index in [-0.39, 0.29) is 0 Å². The Labute approximate surface area is 82.7 Å². The first-order valence-electron chi connectivity index (χ1n) is 4.23. The molecule has 0 aromatic heterocycles. The van der Waals surface area contributed by atoms with Crippen molar-refractivity contribution in [2.24, 2.45) is 5.18 Å². The topological polar surface area (TPSA) is 53.2 Å². The summed E-state index contributed by atoms with van der Waals surface area (Å²) in [6.07, 6.45) is 1.79. The van der Waals surface area contributed by atoms with Crippen LogP contribution in [0.3, 0.4) is 0 Å². The zero-order valence-electron chi connectivity index (χ0n) is 7.84. The molecule has 1 aromatic carbocycles. The number of nitrogens with zero attached hydrogens (tertiary/aromatic N) is 2. The second kappa shape index (κ2) is 4.93. The molecule has 0 saturated heterocycles. The molecule has 70 valence electrons. The first-order chi connectivity index (χ1) is 6.77. The maximum absolute atomic E-state index is 10.3. The Morgan fingerprint density at radius 1 is 1.50 bits per heavy atom. The van der Waals surface area contributed by atoms with Crippen molar-refractivity contribution in [1.29, 1.82) is 5.26 Å². The van der Waals surface area contributed by atoms with Gasteiger partial charge in [-0.3, -0.25) is 0 Å². The van der Waals surface area contributed by atoms with Crippen LogP contribution < -0.4 is 0 Å². The van der Waals surface area contributed by atoms with Crippen LogP contribution in [0.1, 0.15) is 12.5 Å². The van der Waals surface area contributed by atoms with Gasteiger partial charge in [-0.1, -0.05) is 36.4 Å². The van der Waals surface area contributed by atoms with Gasteiger partial charge < -0.3 is 0 Å². The third-order valence-corrected chi connectivity index (χ3v) is 1.85.